The molecular formula is C14H27ClN4O2S. The Labute approximate surface area is 139 Å². The highest BCUT2D eigenvalue weighted by Gasteiger charge is 2.41. The van der Waals surface area contributed by atoms with E-state index in [0.29, 0.717) is 36.4 Å². The second-order valence-electron chi connectivity index (χ2n) is 6.29. The first-order valence-electron chi connectivity index (χ1n) is 7.46. The van der Waals surface area contributed by atoms with Crippen LogP contribution in [0.3, 0.4) is 0 Å². The first-order chi connectivity index (χ1) is 9.77. The Balaban J connectivity index is 0.00000242. The van der Waals surface area contributed by atoms with Crippen LogP contribution in [0.4, 0.5) is 0 Å². The molecule has 0 aliphatic carbocycles. The van der Waals surface area contributed by atoms with Crippen LogP contribution in [0.25, 0.3) is 0 Å². The van der Waals surface area contributed by atoms with Gasteiger partial charge in [0, 0.05) is 31.9 Å². The van der Waals surface area contributed by atoms with E-state index in [1.807, 2.05) is 21.0 Å². The van der Waals surface area contributed by atoms with Crippen molar-refractivity contribution >= 4 is 22.4 Å². The summed E-state index contributed by atoms with van der Waals surface area (Å²) < 4.78 is 28.8. The third-order valence-corrected chi connectivity index (χ3v) is 6.17. The number of hydrogen-bond acceptors (Lipinski definition) is 4. The molecule has 1 saturated heterocycles. The molecule has 2 atom stereocenters. The smallest absolute Gasteiger partial charge is 0.246 e. The van der Waals surface area contributed by atoms with Crippen molar-refractivity contribution in [1.29, 1.82) is 0 Å². The van der Waals surface area contributed by atoms with Crippen LogP contribution in [0.2, 0.25) is 0 Å². The molecule has 8 heteroatoms. The van der Waals surface area contributed by atoms with E-state index < -0.39 is 10.0 Å². The molecule has 2 heterocycles. The quantitative estimate of drug-likeness (QED) is 0.808. The molecule has 0 radical (unpaired) electrons. The average Bonchev–Trinajstić information content (AvgIpc) is 3.06. The maximum Gasteiger partial charge on any atom is 0.246 e. The minimum absolute atomic E-state index is 0. The van der Waals surface area contributed by atoms with Crippen LogP contribution < -0.4 is 0 Å². The highest BCUT2D eigenvalue weighted by Crippen LogP contribution is 2.31. The van der Waals surface area contributed by atoms with E-state index in [4.69, 9.17) is 0 Å². The summed E-state index contributed by atoms with van der Waals surface area (Å²) in [5, 5.41) is 4.08. The molecule has 1 aliphatic rings. The second-order valence-corrected chi connectivity index (χ2v) is 8.23. The Hall–Kier alpha value is -0.630. The van der Waals surface area contributed by atoms with E-state index in [2.05, 4.69) is 23.8 Å². The van der Waals surface area contributed by atoms with Gasteiger partial charge in [0.05, 0.1) is 6.20 Å². The zero-order chi connectivity index (χ0) is 15.8. The van der Waals surface area contributed by atoms with E-state index in [0.717, 1.165) is 0 Å². The van der Waals surface area contributed by atoms with Crippen molar-refractivity contribution in [2.24, 2.45) is 11.8 Å². The van der Waals surface area contributed by atoms with Gasteiger partial charge in [0.1, 0.15) is 4.90 Å². The molecular weight excluding hydrogens is 324 g/mol. The Kier molecular flexibility index (Phi) is 6.44. The first-order valence-corrected chi connectivity index (χ1v) is 8.90. The van der Waals surface area contributed by atoms with Gasteiger partial charge in [0.15, 0.2) is 0 Å². The normalized spacial score (nSPS) is 23.2. The van der Waals surface area contributed by atoms with E-state index >= 15 is 0 Å². The van der Waals surface area contributed by atoms with Gasteiger partial charge >= 0.3 is 0 Å². The number of nitrogens with zero attached hydrogens (tertiary/aromatic N) is 4. The average molecular weight is 351 g/mol. The molecule has 0 amide bonds. The van der Waals surface area contributed by atoms with E-state index in [1.165, 1.54) is 6.20 Å². The molecule has 6 nitrogen and oxygen atoms in total. The van der Waals surface area contributed by atoms with Gasteiger partial charge in [-0.3, -0.25) is 4.68 Å². The van der Waals surface area contributed by atoms with Crippen LogP contribution in [0.5, 0.6) is 0 Å². The molecule has 128 valence electrons. The molecule has 0 saturated carbocycles. The summed E-state index contributed by atoms with van der Waals surface area (Å²) in [6, 6.07) is 0.265. The van der Waals surface area contributed by atoms with Gasteiger partial charge in [-0.15, -0.1) is 12.4 Å². The lowest BCUT2D eigenvalue weighted by Gasteiger charge is -2.27. The number of aryl methyl sites for hydroxylation is 1. The van der Waals surface area contributed by atoms with Crippen molar-refractivity contribution in [2.45, 2.75) is 38.3 Å². The van der Waals surface area contributed by atoms with Crippen molar-refractivity contribution in [2.75, 3.05) is 27.2 Å². The van der Waals surface area contributed by atoms with Crippen molar-refractivity contribution in [1.82, 2.24) is 19.0 Å². The number of sulfonamides is 1. The first kappa shape index (κ1) is 19.4. The Morgan fingerprint density at radius 3 is 2.41 bits per heavy atom. The summed E-state index contributed by atoms with van der Waals surface area (Å²) in [6.07, 6.45) is 3.06. The van der Waals surface area contributed by atoms with E-state index in [1.54, 1.807) is 15.2 Å². The summed E-state index contributed by atoms with van der Waals surface area (Å²) in [5.41, 5.74) is 0. The molecule has 0 spiro atoms. The van der Waals surface area contributed by atoms with Gasteiger partial charge in [-0.25, -0.2) is 8.42 Å². The zero-order valence-electron chi connectivity index (χ0n) is 13.9. The predicted octanol–water partition coefficient (Wildman–Crippen LogP) is 1.53. The molecule has 1 aromatic heterocycles. The van der Waals surface area contributed by atoms with E-state index in [9.17, 15) is 8.42 Å². The van der Waals surface area contributed by atoms with Crippen LogP contribution >= 0.6 is 12.4 Å². The third kappa shape index (κ3) is 3.64. The third-order valence-electron chi connectivity index (χ3n) is 4.39. The Bertz CT molecular complexity index is 569. The highest BCUT2D eigenvalue weighted by molar-refractivity contribution is 7.89. The highest BCUT2D eigenvalue weighted by atomic mass is 35.5. The van der Waals surface area contributed by atoms with Gasteiger partial charge < -0.3 is 4.90 Å². The summed E-state index contributed by atoms with van der Waals surface area (Å²) in [6.45, 7) is 8.06. The second kappa shape index (κ2) is 7.29. The molecule has 1 aliphatic heterocycles. The Morgan fingerprint density at radius 1 is 1.36 bits per heavy atom. The molecule has 0 aromatic carbocycles. The monoisotopic (exact) mass is 350 g/mol. The van der Waals surface area contributed by atoms with E-state index in [-0.39, 0.29) is 18.4 Å². The van der Waals surface area contributed by atoms with Gasteiger partial charge in [0.25, 0.3) is 0 Å². The van der Waals surface area contributed by atoms with Gasteiger partial charge in [-0.05, 0) is 32.9 Å². The molecule has 2 rings (SSSR count). The molecule has 1 fully saturated rings. The van der Waals surface area contributed by atoms with Gasteiger partial charge in [-0.2, -0.15) is 9.40 Å². The largest absolute Gasteiger partial charge is 0.305 e. The number of rotatable bonds is 5. The SMILES string of the molecule is CCn1cc(S(=O)(=O)N2C[C@H](C(C)C)[C@@H](N(C)C)C2)cn1.Cl. The molecule has 0 N–H and O–H groups in total. The fourth-order valence-corrected chi connectivity index (χ4v) is 4.42. The summed E-state index contributed by atoms with van der Waals surface area (Å²) in [7, 11) is 0.601. The number of aromatic nitrogens is 2. The lowest BCUT2D eigenvalue weighted by Crippen LogP contribution is -2.37. The van der Waals surface area contributed by atoms with Crippen LogP contribution in [0.1, 0.15) is 20.8 Å². The minimum Gasteiger partial charge on any atom is -0.305 e. The van der Waals surface area contributed by atoms with Crippen molar-refractivity contribution < 1.29 is 8.42 Å². The fourth-order valence-electron chi connectivity index (χ4n) is 2.97. The lowest BCUT2D eigenvalue weighted by atomic mass is 9.91. The Morgan fingerprint density at radius 2 is 2.00 bits per heavy atom. The number of likely N-dealkylation sites (N-methyl/N-ethyl adjacent to an activating group) is 1. The van der Waals surface area contributed by atoms with Crippen LogP contribution in [0, 0.1) is 11.8 Å². The van der Waals surface area contributed by atoms with Crippen molar-refractivity contribution in [3.05, 3.63) is 12.4 Å². The van der Waals surface area contributed by atoms with Crippen LogP contribution in [-0.2, 0) is 16.6 Å². The summed E-state index contributed by atoms with van der Waals surface area (Å²) >= 11 is 0. The fraction of sp³-hybridized carbons (Fsp3) is 0.786. The van der Waals surface area contributed by atoms with Gasteiger partial charge in [0.2, 0.25) is 10.0 Å². The maximum atomic E-state index is 12.8. The molecule has 1 aromatic rings. The van der Waals surface area contributed by atoms with Crippen LogP contribution in [-0.4, -0.2) is 60.6 Å². The lowest BCUT2D eigenvalue weighted by molar-refractivity contribution is 0.216. The zero-order valence-corrected chi connectivity index (χ0v) is 15.6. The molecule has 0 bridgehead atoms. The standard InChI is InChI=1S/C14H26N4O2S.ClH/c1-6-17-8-12(7-15-17)21(19,20)18-9-13(11(2)3)14(10-18)16(4)5;/h7-8,11,13-14H,6,9-10H2,1-5H3;1H/t13-,14+;/m1./s1. The van der Waals surface area contributed by atoms with Gasteiger partial charge in [-0.1, -0.05) is 13.8 Å². The topological polar surface area (TPSA) is 58.4 Å². The van der Waals surface area contributed by atoms with Crippen molar-refractivity contribution in [3.63, 3.8) is 0 Å². The summed E-state index contributed by atoms with van der Waals surface area (Å²) in [4.78, 5) is 2.43. The summed E-state index contributed by atoms with van der Waals surface area (Å²) in [5.74, 6) is 0.812. The molecule has 0 unspecified atom stereocenters. The van der Waals surface area contributed by atoms with Crippen molar-refractivity contribution in [3.8, 4) is 0 Å². The maximum absolute atomic E-state index is 12.8. The minimum atomic E-state index is -3.44. The number of hydrogen-bond donors (Lipinski definition) is 0. The molecule has 22 heavy (non-hydrogen) atoms. The predicted molar refractivity (Wildman–Crippen MR) is 89.7 cm³/mol. The number of halogens is 1. The van der Waals surface area contributed by atoms with Crippen LogP contribution in [0.15, 0.2) is 17.3 Å².